The van der Waals surface area contributed by atoms with Crippen LogP contribution in [-0.4, -0.2) is 24.3 Å². The van der Waals surface area contributed by atoms with E-state index in [0.717, 1.165) is 25.1 Å². The van der Waals surface area contributed by atoms with E-state index in [4.69, 9.17) is 0 Å². The fourth-order valence-corrected chi connectivity index (χ4v) is 2.16. The molecule has 0 aromatic heterocycles. The Bertz CT molecular complexity index is 407. The average molecular weight is 218 g/mol. The van der Waals surface area contributed by atoms with Crippen LogP contribution in [0.1, 0.15) is 18.0 Å². The summed E-state index contributed by atoms with van der Waals surface area (Å²) in [6.07, 6.45) is 2.62. The highest BCUT2D eigenvalue weighted by Crippen LogP contribution is 2.31. The predicted molar refractivity (Wildman–Crippen MR) is 59.9 cm³/mol. The van der Waals surface area contributed by atoms with Crippen molar-refractivity contribution in [1.29, 1.82) is 0 Å². The third-order valence-corrected chi connectivity index (χ3v) is 2.95. The van der Waals surface area contributed by atoms with Crippen molar-refractivity contribution in [3.63, 3.8) is 0 Å². The number of nitrogens with one attached hydrogen (secondary N) is 1. The molecular weight excluding hydrogens is 204 g/mol. The first-order valence-corrected chi connectivity index (χ1v) is 5.38. The minimum absolute atomic E-state index is 0.195. The van der Waals surface area contributed by atoms with E-state index in [1.54, 1.807) is 24.3 Å². The van der Waals surface area contributed by atoms with Gasteiger partial charge in [-0.05, 0) is 36.6 Å². The first kappa shape index (κ1) is 10.9. The molecule has 4 nitrogen and oxygen atoms in total. The van der Waals surface area contributed by atoms with Gasteiger partial charge in [-0.2, -0.15) is 4.99 Å². The maximum Gasteiger partial charge on any atom is 0.235 e. The summed E-state index contributed by atoms with van der Waals surface area (Å²) < 4.78 is 0. The van der Waals surface area contributed by atoms with Crippen LogP contribution in [-0.2, 0) is 4.79 Å². The molecule has 2 unspecified atom stereocenters. The molecule has 1 aromatic rings. The number of phenols is 1. The van der Waals surface area contributed by atoms with Crippen molar-refractivity contribution in [3.8, 4) is 5.75 Å². The summed E-state index contributed by atoms with van der Waals surface area (Å²) in [5.74, 6) is 0.512. The molecule has 1 fully saturated rings. The predicted octanol–water partition coefficient (Wildman–Crippen LogP) is 1.38. The number of aromatic hydroxyl groups is 1. The lowest BCUT2D eigenvalue weighted by Crippen LogP contribution is -2.15. The quantitative estimate of drug-likeness (QED) is 0.595. The molecule has 16 heavy (non-hydrogen) atoms. The van der Waals surface area contributed by atoms with Crippen molar-refractivity contribution in [2.24, 2.45) is 10.9 Å². The monoisotopic (exact) mass is 218 g/mol. The van der Waals surface area contributed by atoms with E-state index < -0.39 is 0 Å². The Kier molecular flexibility index (Phi) is 3.34. The Morgan fingerprint density at radius 3 is 3.06 bits per heavy atom. The Morgan fingerprint density at radius 1 is 1.56 bits per heavy atom. The number of rotatable bonds is 3. The maximum atomic E-state index is 10.5. The van der Waals surface area contributed by atoms with Gasteiger partial charge in [-0.25, -0.2) is 4.79 Å². The smallest absolute Gasteiger partial charge is 0.235 e. The third-order valence-electron chi connectivity index (χ3n) is 2.95. The van der Waals surface area contributed by atoms with Crippen molar-refractivity contribution in [2.45, 2.75) is 12.5 Å². The van der Waals surface area contributed by atoms with Crippen LogP contribution in [0.2, 0.25) is 0 Å². The van der Waals surface area contributed by atoms with E-state index in [1.807, 2.05) is 6.07 Å². The third kappa shape index (κ3) is 2.30. The highest BCUT2D eigenvalue weighted by molar-refractivity contribution is 5.37. The van der Waals surface area contributed by atoms with Crippen LogP contribution in [0.3, 0.4) is 0 Å². The zero-order valence-electron chi connectivity index (χ0n) is 8.89. The second-order valence-corrected chi connectivity index (χ2v) is 4.01. The molecule has 2 atom stereocenters. The van der Waals surface area contributed by atoms with Crippen molar-refractivity contribution in [1.82, 2.24) is 5.32 Å². The summed E-state index contributed by atoms with van der Waals surface area (Å²) in [5, 5.41) is 12.7. The van der Waals surface area contributed by atoms with Gasteiger partial charge in [0, 0.05) is 6.54 Å². The molecule has 1 aromatic carbocycles. The van der Waals surface area contributed by atoms with E-state index in [-0.39, 0.29) is 11.8 Å². The van der Waals surface area contributed by atoms with Crippen LogP contribution >= 0.6 is 0 Å². The lowest BCUT2D eigenvalue weighted by Gasteiger charge is -2.17. The van der Waals surface area contributed by atoms with E-state index in [2.05, 4.69) is 10.3 Å². The lowest BCUT2D eigenvalue weighted by molar-refractivity contribution is 0.454. The van der Waals surface area contributed by atoms with Crippen molar-refractivity contribution in [3.05, 3.63) is 29.8 Å². The Labute approximate surface area is 94.0 Å². The number of hydrogen-bond donors (Lipinski definition) is 2. The summed E-state index contributed by atoms with van der Waals surface area (Å²) >= 11 is 0. The Hall–Kier alpha value is -1.64. The molecule has 2 N–H and O–H groups in total. The van der Waals surface area contributed by atoms with Crippen LogP contribution in [0.15, 0.2) is 29.3 Å². The molecule has 84 valence electrons. The van der Waals surface area contributed by atoms with Crippen LogP contribution in [0.5, 0.6) is 5.75 Å². The largest absolute Gasteiger partial charge is 0.508 e. The Morgan fingerprint density at radius 2 is 2.44 bits per heavy atom. The molecule has 0 spiro atoms. The van der Waals surface area contributed by atoms with E-state index in [1.165, 1.54) is 0 Å². The molecule has 1 heterocycles. The molecule has 0 saturated carbocycles. The summed E-state index contributed by atoms with van der Waals surface area (Å²) in [7, 11) is 0. The number of phenolic OH excluding ortho intramolecular Hbond substituents is 1. The molecule has 0 radical (unpaired) electrons. The van der Waals surface area contributed by atoms with Crippen molar-refractivity contribution in [2.75, 3.05) is 13.1 Å². The molecule has 1 aliphatic rings. The van der Waals surface area contributed by atoms with E-state index in [0.29, 0.717) is 5.92 Å². The number of carbonyl (C=O) groups excluding carboxylic acids is 1. The first-order chi connectivity index (χ1) is 7.81. The minimum atomic E-state index is -0.195. The minimum Gasteiger partial charge on any atom is -0.508 e. The summed E-state index contributed by atoms with van der Waals surface area (Å²) in [4.78, 5) is 14.3. The van der Waals surface area contributed by atoms with Crippen molar-refractivity contribution < 1.29 is 9.90 Å². The van der Waals surface area contributed by atoms with Crippen LogP contribution in [0.25, 0.3) is 0 Å². The van der Waals surface area contributed by atoms with E-state index in [9.17, 15) is 9.90 Å². The molecular formula is C12H14N2O2. The van der Waals surface area contributed by atoms with Gasteiger partial charge in [0.05, 0.1) is 6.04 Å². The Balaban J connectivity index is 2.27. The SMILES string of the molecule is O=C=NC(c1cccc(O)c1)C1CCNC1. The molecule has 4 heteroatoms. The molecule has 0 aliphatic carbocycles. The highest BCUT2D eigenvalue weighted by atomic mass is 16.3. The van der Waals surface area contributed by atoms with Crippen LogP contribution in [0.4, 0.5) is 0 Å². The summed E-state index contributed by atoms with van der Waals surface area (Å²) in [6.45, 7) is 1.81. The zero-order valence-corrected chi connectivity index (χ0v) is 8.89. The van der Waals surface area contributed by atoms with Gasteiger partial charge in [0.2, 0.25) is 6.08 Å². The zero-order chi connectivity index (χ0) is 11.4. The van der Waals surface area contributed by atoms with Gasteiger partial charge < -0.3 is 10.4 Å². The van der Waals surface area contributed by atoms with Gasteiger partial charge in [0.1, 0.15) is 5.75 Å². The fourth-order valence-electron chi connectivity index (χ4n) is 2.16. The molecule has 1 aliphatic heterocycles. The topological polar surface area (TPSA) is 61.7 Å². The molecule has 0 amide bonds. The van der Waals surface area contributed by atoms with Gasteiger partial charge in [0.25, 0.3) is 0 Å². The van der Waals surface area contributed by atoms with E-state index >= 15 is 0 Å². The molecule has 2 rings (SSSR count). The normalized spacial score (nSPS) is 21.4. The fraction of sp³-hybridized carbons (Fsp3) is 0.417. The van der Waals surface area contributed by atoms with Gasteiger partial charge in [0.15, 0.2) is 0 Å². The van der Waals surface area contributed by atoms with Gasteiger partial charge in [-0.1, -0.05) is 12.1 Å². The molecule has 0 bridgehead atoms. The maximum absolute atomic E-state index is 10.5. The number of aliphatic imine (C=N–C) groups is 1. The first-order valence-electron chi connectivity index (χ1n) is 5.38. The number of benzene rings is 1. The van der Waals surface area contributed by atoms with Crippen LogP contribution < -0.4 is 5.32 Å². The van der Waals surface area contributed by atoms with Gasteiger partial charge in [-0.15, -0.1) is 0 Å². The standard InChI is InChI=1S/C12H14N2O2/c15-8-14-12(10-4-5-13-7-10)9-2-1-3-11(16)6-9/h1-3,6,10,12-13,16H,4-5,7H2. The lowest BCUT2D eigenvalue weighted by atomic mass is 9.93. The second-order valence-electron chi connectivity index (χ2n) is 4.01. The highest BCUT2D eigenvalue weighted by Gasteiger charge is 2.26. The summed E-state index contributed by atoms with van der Waals surface area (Å²) in [6, 6.07) is 6.71. The van der Waals surface area contributed by atoms with Gasteiger partial charge in [-0.3, -0.25) is 0 Å². The van der Waals surface area contributed by atoms with Crippen LogP contribution in [0, 0.1) is 5.92 Å². The number of isocyanates is 1. The second kappa shape index (κ2) is 4.92. The number of nitrogens with zero attached hydrogens (tertiary/aromatic N) is 1. The van der Waals surface area contributed by atoms with Gasteiger partial charge >= 0.3 is 0 Å². The molecule has 1 saturated heterocycles. The average Bonchev–Trinajstić information content (AvgIpc) is 2.79. The summed E-state index contributed by atoms with van der Waals surface area (Å²) in [5.41, 5.74) is 0.872. The van der Waals surface area contributed by atoms with Crippen molar-refractivity contribution >= 4 is 6.08 Å². The number of hydrogen-bond acceptors (Lipinski definition) is 4.